The second-order valence-electron chi connectivity index (χ2n) is 15.9. The molecule has 0 aliphatic heterocycles. The highest BCUT2D eigenvalue weighted by Crippen LogP contribution is 2.12. The van der Waals surface area contributed by atoms with Gasteiger partial charge in [-0.15, -0.1) is 0 Å². The third-order valence-electron chi connectivity index (χ3n) is 9.94. The van der Waals surface area contributed by atoms with Gasteiger partial charge in [-0.05, 0) is 122 Å². The van der Waals surface area contributed by atoms with Crippen LogP contribution in [0, 0.1) is 0 Å². The maximum Gasteiger partial charge on any atom is 0.306 e. The van der Waals surface area contributed by atoms with Crippen molar-refractivity contribution < 1.29 is 28.6 Å². The zero-order valence-electron chi connectivity index (χ0n) is 40.3. The first-order valence-corrected chi connectivity index (χ1v) is 25.0. The van der Waals surface area contributed by atoms with Crippen molar-refractivity contribution in [2.45, 2.75) is 207 Å². The van der Waals surface area contributed by atoms with E-state index in [1.165, 1.54) is 0 Å². The summed E-state index contributed by atoms with van der Waals surface area (Å²) in [6, 6.07) is 0. The third kappa shape index (κ3) is 48.7. The minimum absolute atomic E-state index is 0.111. The first-order valence-electron chi connectivity index (χ1n) is 25.0. The van der Waals surface area contributed by atoms with Crippen LogP contribution < -0.4 is 0 Å². The highest BCUT2D eigenvalue weighted by molar-refractivity contribution is 5.71. The highest BCUT2D eigenvalue weighted by Gasteiger charge is 2.19. The van der Waals surface area contributed by atoms with Crippen molar-refractivity contribution in [1.29, 1.82) is 0 Å². The molecule has 0 saturated carbocycles. The topological polar surface area (TPSA) is 78.9 Å². The van der Waals surface area contributed by atoms with Crippen molar-refractivity contribution in [3.8, 4) is 0 Å². The molecule has 6 nitrogen and oxygen atoms in total. The van der Waals surface area contributed by atoms with E-state index in [-0.39, 0.29) is 31.1 Å². The molecule has 0 aromatic rings. The molecule has 0 aliphatic rings. The highest BCUT2D eigenvalue weighted by atomic mass is 16.6. The largest absolute Gasteiger partial charge is 0.462 e. The van der Waals surface area contributed by atoms with Crippen LogP contribution in [0.5, 0.6) is 0 Å². The smallest absolute Gasteiger partial charge is 0.306 e. The van der Waals surface area contributed by atoms with Crippen LogP contribution in [0.3, 0.4) is 0 Å². The van der Waals surface area contributed by atoms with Gasteiger partial charge in [0.05, 0.1) is 0 Å². The molecule has 0 N–H and O–H groups in total. The minimum Gasteiger partial charge on any atom is -0.462 e. The van der Waals surface area contributed by atoms with Crippen molar-refractivity contribution >= 4 is 17.9 Å². The standard InChI is InChI=1S/C57H90O6/c1-4-7-10-13-16-19-22-25-28-31-34-37-40-43-46-49-55(58)61-52-54(63-57(60)51-48-45-42-39-36-33-30-27-24-21-18-15-12-9-6-3)53-62-56(59)50-47-44-41-38-35-32-29-26-23-20-17-14-11-8-5-2/h7-12,16-21,25-30,34,37,54H,4-6,13-15,22-24,31-33,35-36,38-53H2,1-3H3/b10-7-,11-8-,12-9-,19-16-,20-17-,21-18-,28-25-,29-26-,30-27-,37-34-/t54-/m1/s1. The van der Waals surface area contributed by atoms with Gasteiger partial charge >= 0.3 is 17.9 Å². The van der Waals surface area contributed by atoms with E-state index in [0.29, 0.717) is 25.7 Å². The summed E-state index contributed by atoms with van der Waals surface area (Å²) in [5, 5.41) is 0. The van der Waals surface area contributed by atoms with Crippen LogP contribution in [0.25, 0.3) is 0 Å². The molecular weight excluding hydrogens is 781 g/mol. The zero-order valence-corrected chi connectivity index (χ0v) is 40.3. The Balaban J connectivity index is 4.54. The molecule has 1 atom stereocenters. The fraction of sp³-hybridized carbons (Fsp3) is 0.596. The van der Waals surface area contributed by atoms with Crippen LogP contribution in [-0.2, 0) is 28.6 Å². The van der Waals surface area contributed by atoms with Crippen LogP contribution in [0.4, 0.5) is 0 Å². The van der Waals surface area contributed by atoms with Gasteiger partial charge in [-0.2, -0.15) is 0 Å². The molecule has 0 bridgehead atoms. The maximum absolute atomic E-state index is 12.8. The Kier molecular flexibility index (Phi) is 47.1. The van der Waals surface area contributed by atoms with Gasteiger partial charge in [0.15, 0.2) is 6.10 Å². The van der Waals surface area contributed by atoms with Gasteiger partial charge in [-0.25, -0.2) is 0 Å². The first kappa shape index (κ1) is 58.8. The Morgan fingerprint density at radius 3 is 0.921 bits per heavy atom. The Bertz CT molecular complexity index is 1370. The van der Waals surface area contributed by atoms with E-state index in [2.05, 4.69) is 142 Å². The van der Waals surface area contributed by atoms with Crippen molar-refractivity contribution in [2.75, 3.05) is 13.2 Å². The average molecular weight is 871 g/mol. The molecule has 0 heterocycles. The van der Waals surface area contributed by atoms with Gasteiger partial charge in [-0.3, -0.25) is 14.4 Å². The summed E-state index contributed by atoms with van der Waals surface area (Å²) in [4.78, 5) is 38.0. The molecule has 0 aromatic heterocycles. The second-order valence-corrected chi connectivity index (χ2v) is 15.9. The molecule has 0 aliphatic carbocycles. The van der Waals surface area contributed by atoms with E-state index in [4.69, 9.17) is 14.2 Å². The van der Waals surface area contributed by atoms with Crippen molar-refractivity contribution in [2.24, 2.45) is 0 Å². The van der Waals surface area contributed by atoms with Crippen LogP contribution in [0.15, 0.2) is 122 Å². The summed E-state index contributed by atoms with van der Waals surface area (Å²) < 4.78 is 16.7. The molecular formula is C57H90O6. The van der Waals surface area contributed by atoms with Gasteiger partial charge < -0.3 is 14.2 Å². The van der Waals surface area contributed by atoms with Crippen molar-refractivity contribution in [1.82, 2.24) is 0 Å². The lowest BCUT2D eigenvalue weighted by atomic mass is 10.1. The van der Waals surface area contributed by atoms with Gasteiger partial charge in [0.25, 0.3) is 0 Å². The van der Waals surface area contributed by atoms with Crippen molar-refractivity contribution in [3.05, 3.63) is 122 Å². The fourth-order valence-corrected chi connectivity index (χ4v) is 6.28. The predicted molar refractivity (Wildman–Crippen MR) is 269 cm³/mol. The van der Waals surface area contributed by atoms with Crippen LogP contribution in [0.2, 0.25) is 0 Å². The summed E-state index contributed by atoms with van der Waals surface area (Å²) in [7, 11) is 0. The van der Waals surface area contributed by atoms with Gasteiger partial charge in [0.2, 0.25) is 0 Å². The Hall–Kier alpha value is -4.19. The van der Waals surface area contributed by atoms with Gasteiger partial charge in [-0.1, -0.05) is 181 Å². The Morgan fingerprint density at radius 1 is 0.317 bits per heavy atom. The Morgan fingerprint density at radius 2 is 0.571 bits per heavy atom. The summed E-state index contributed by atoms with van der Waals surface area (Å²) in [5.41, 5.74) is 0. The monoisotopic (exact) mass is 871 g/mol. The quantitative estimate of drug-likeness (QED) is 0.0263. The molecule has 0 unspecified atom stereocenters. The van der Waals surface area contributed by atoms with Crippen LogP contribution in [-0.4, -0.2) is 37.2 Å². The van der Waals surface area contributed by atoms with E-state index in [9.17, 15) is 14.4 Å². The normalized spacial score (nSPS) is 13.1. The molecule has 0 amide bonds. The second kappa shape index (κ2) is 50.5. The molecule has 354 valence electrons. The number of esters is 3. The number of carbonyl (C=O) groups excluding carboxylic acids is 3. The van der Waals surface area contributed by atoms with Crippen LogP contribution in [0.1, 0.15) is 201 Å². The zero-order chi connectivity index (χ0) is 45.8. The fourth-order valence-electron chi connectivity index (χ4n) is 6.28. The molecule has 0 radical (unpaired) electrons. The number of carbonyl (C=O) groups is 3. The minimum atomic E-state index is -0.814. The lowest BCUT2D eigenvalue weighted by molar-refractivity contribution is -0.167. The van der Waals surface area contributed by atoms with Crippen molar-refractivity contribution in [3.63, 3.8) is 0 Å². The predicted octanol–water partition coefficient (Wildman–Crippen LogP) is 16.5. The number of ether oxygens (including phenoxy) is 3. The SMILES string of the molecule is CC/C=C\C/C=C\C/C=C\C/C=C\CCCCC(=O)OC[C@H](COC(=O)CCCCCCC/C=C\C/C=C\C/C=C\CC)OC(=O)CCCCCCC/C=C\C/C=C\C/C=C\CC. The molecule has 6 heteroatoms. The van der Waals surface area contributed by atoms with E-state index < -0.39 is 6.10 Å². The summed E-state index contributed by atoms with van der Waals surface area (Å²) in [5.74, 6) is -0.996. The van der Waals surface area contributed by atoms with E-state index in [1.807, 2.05) is 0 Å². The molecule has 0 rings (SSSR count). The van der Waals surface area contributed by atoms with Crippen LogP contribution >= 0.6 is 0 Å². The Labute approximate surface area is 386 Å². The summed E-state index contributed by atoms with van der Waals surface area (Å²) >= 11 is 0. The number of rotatable bonds is 43. The molecule has 0 aromatic carbocycles. The van der Waals surface area contributed by atoms with E-state index in [1.54, 1.807) is 0 Å². The third-order valence-corrected chi connectivity index (χ3v) is 9.94. The lowest BCUT2D eigenvalue weighted by Gasteiger charge is -2.18. The van der Waals surface area contributed by atoms with E-state index in [0.717, 1.165) is 154 Å². The number of unbranched alkanes of at least 4 members (excludes halogenated alkanes) is 12. The average Bonchev–Trinajstić information content (AvgIpc) is 3.28. The molecule has 0 spiro atoms. The van der Waals surface area contributed by atoms with Gasteiger partial charge in [0.1, 0.15) is 13.2 Å². The first-order chi connectivity index (χ1) is 31.0. The summed E-state index contributed by atoms with van der Waals surface area (Å²) in [6.07, 6.45) is 68.9. The van der Waals surface area contributed by atoms with Gasteiger partial charge in [0, 0.05) is 19.3 Å². The lowest BCUT2D eigenvalue weighted by Crippen LogP contribution is -2.30. The van der Waals surface area contributed by atoms with E-state index >= 15 is 0 Å². The summed E-state index contributed by atoms with van der Waals surface area (Å²) in [6.45, 7) is 6.21. The maximum atomic E-state index is 12.8. The number of hydrogen-bond donors (Lipinski definition) is 0. The molecule has 0 fully saturated rings. The molecule has 0 saturated heterocycles. The molecule has 63 heavy (non-hydrogen) atoms. The number of hydrogen-bond acceptors (Lipinski definition) is 6. The number of allylic oxidation sites excluding steroid dienone is 20.